The Morgan fingerprint density at radius 2 is 2.45 bits per heavy atom. The van der Waals surface area contributed by atoms with Crippen molar-refractivity contribution in [3.63, 3.8) is 0 Å². The van der Waals surface area contributed by atoms with Crippen LogP contribution in [-0.4, -0.2) is 10.9 Å². The molecule has 0 aliphatic heterocycles. The maximum atomic E-state index is 12.3. The number of pyridine rings is 1. The average Bonchev–Trinajstić information content (AvgIpc) is 2.89. The van der Waals surface area contributed by atoms with Crippen molar-refractivity contribution in [2.45, 2.75) is 32.7 Å². The summed E-state index contributed by atoms with van der Waals surface area (Å²) >= 11 is 1.73. The fourth-order valence-corrected chi connectivity index (χ4v) is 3.89. The van der Waals surface area contributed by atoms with E-state index in [4.69, 9.17) is 0 Å². The number of nitrogens with one attached hydrogen (secondary N) is 1. The van der Waals surface area contributed by atoms with Crippen LogP contribution in [-0.2, 0) is 19.4 Å². The highest BCUT2D eigenvalue weighted by Gasteiger charge is 2.22. The highest BCUT2D eigenvalue weighted by Crippen LogP contribution is 2.32. The lowest BCUT2D eigenvalue weighted by atomic mass is 9.88. The smallest absolute Gasteiger partial charge is 0.252 e. The summed E-state index contributed by atoms with van der Waals surface area (Å²) in [5.41, 5.74) is 3.18. The van der Waals surface area contributed by atoms with Crippen LogP contribution in [0.1, 0.15) is 39.7 Å². The van der Waals surface area contributed by atoms with Crippen molar-refractivity contribution in [2.75, 3.05) is 0 Å². The standard InChI is InChI=1S/C16H18N2OS/c1-11-4-5-13-14(10-20-15(13)7-11)16(19)18-9-12-3-2-6-17-8-12/h2-3,6,8,10-11H,4-5,7,9H2,1H3,(H,18,19)/t11-/m0/s1. The number of fused-ring (bicyclic) bond motifs is 1. The largest absolute Gasteiger partial charge is 0.348 e. The Kier molecular flexibility index (Phi) is 3.83. The number of thiophene rings is 1. The molecule has 4 heteroatoms. The zero-order valence-corrected chi connectivity index (χ0v) is 12.4. The van der Waals surface area contributed by atoms with E-state index >= 15 is 0 Å². The maximum Gasteiger partial charge on any atom is 0.252 e. The molecule has 1 aliphatic carbocycles. The first-order valence-corrected chi connectivity index (χ1v) is 7.88. The first kappa shape index (κ1) is 13.3. The van der Waals surface area contributed by atoms with Crippen LogP contribution in [0.15, 0.2) is 29.9 Å². The molecule has 20 heavy (non-hydrogen) atoms. The molecule has 0 aromatic carbocycles. The van der Waals surface area contributed by atoms with Crippen molar-refractivity contribution in [1.29, 1.82) is 0 Å². The Balaban J connectivity index is 1.69. The van der Waals surface area contributed by atoms with Gasteiger partial charge < -0.3 is 5.32 Å². The zero-order valence-electron chi connectivity index (χ0n) is 11.6. The van der Waals surface area contributed by atoms with E-state index in [1.165, 1.54) is 16.9 Å². The summed E-state index contributed by atoms with van der Waals surface area (Å²) < 4.78 is 0. The number of carbonyl (C=O) groups excluding carboxylic acids is 1. The van der Waals surface area contributed by atoms with Crippen LogP contribution in [0, 0.1) is 5.92 Å². The van der Waals surface area contributed by atoms with Crippen molar-refractivity contribution < 1.29 is 4.79 Å². The van der Waals surface area contributed by atoms with Crippen molar-refractivity contribution in [2.24, 2.45) is 5.92 Å². The number of rotatable bonds is 3. The molecule has 0 fully saturated rings. The van der Waals surface area contributed by atoms with Gasteiger partial charge >= 0.3 is 0 Å². The third-order valence-electron chi connectivity index (χ3n) is 3.82. The fourth-order valence-electron chi connectivity index (χ4n) is 2.65. The van der Waals surface area contributed by atoms with Crippen molar-refractivity contribution in [3.05, 3.63) is 51.5 Å². The van der Waals surface area contributed by atoms with Gasteiger partial charge in [-0.25, -0.2) is 0 Å². The van der Waals surface area contributed by atoms with Gasteiger partial charge in [-0.15, -0.1) is 11.3 Å². The minimum atomic E-state index is 0.0425. The molecule has 0 bridgehead atoms. The Hall–Kier alpha value is -1.68. The highest BCUT2D eigenvalue weighted by atomic mass is 32.1. The van der Waals surface area contributed by atoms with Crippen LogP contribution < -0.4 is 5.32 Å². The molecule has 0 spiro atoms. The van der Waals surface area contributed by atoms with Gasteiger partial charge in [-0.1, -0.05) is 13.0 Å². The van der Waals surface area contributed by atoms with Gasteiger partial charge in [0.15, 0.2) is 0 Å². The van der Waals surface area contributed by atoms with Gasteiger partial charge in [0.25, 0.3) is 5.91 Å². The molecule has 1 amide bonds. The normalized spacial score (nSPS) is 17.6. The number of nitrogens with zero attached hydrogens (tertiary/aromatic N) is 1. The maximum absolute atomic E-state index is 12.3. The molecule has 3 rings (SSSR count). The van der Waals surface area contributed by atoms with Crippen LogP contribution in [0.3, 0.4) is 0 Å². The Bertz CT molecular complexity index is 606. The lowest BCUT2D eigenvalue weighted by Crippen LogP contribution is -2.24. The summed E-state index contributed by atoms with van der Waals surface area (Å²) in [7, 11) is 0. The van der Waals surface area contributed by atoms with E-state index in [0.29, 0.717) is 6.54 Å². The van der Waals surface area contributed by atoms with E-state index in [9.17, 15) is 4.79 Å². The second-order valence-electron chi connectivity index (χ2n) is 5.44. The molecule has 0 unspecified atom stereocenters. The summed E-state index contributed by atoms with van der Waals surface area (Å²) in [6.45, 7) is 2.82. The molecule has 0 radical (unpaired) electrons. The topological polar surface area (TPSA) is 42.0 Å². The van der Waals surface area contributed by atoms with Crippen molar-refractivity contribution >= 4 is 17.2 Å². The number of aromatic nitrogens is 1. The molecule has 1 atom stereocenters. The van der Waals surface area contributed by atoms with Crippen molar-refractivity contribution in [1.82, 2.24) is 10.3 Å². The van der Waals surface area contributed by atoms with Crippen LogP contribution in [0.2, 0.25) is 0 Å². The van der Waals surface area contributed by atoms with Gasteiger partial charge in [0, 0.05) is 29.2 Å². The SMILES string of the molecule is C[C@H]1CCc2c(C(=O)NCc3cccnc3)csc2C1. The Labute approximate surface area is 123 Å². The summed E-state index contributed by atoms with van der Waals surface area (Å²) in [4.78, 5) is 17.8. The predicted octanol–water partition coefficient (Wildman–Crippen LogP) is 3.20. The molecule has 0 saturated heterocycles. The molecule has 1 N–H and O–H groups in total. The molecule has 104 valence electrons. The van der Waals surface area contributed by atoms with E-state index in [1.54, 1.807) is 23.7 Å². The minimum absolute atomic E-state index is 0.0425. The predicted molar refractivity (Wildman–Crippen MR) is 80.9 cm³/mol. The zero-order chi connectivity index (χ0) is 13.9. The van der Waals surface area contributed by atoms with Crippen LogP contribution >= 0.6 is 11.3 Å². The first-order chi connectivity index (χ1) is 9.74. The molecule has 1 aliphatic rings. The summed E-state index contributed by atoms with van der Waals surface area (Å²) in [5.74, 6) is 0.786. The lowest BCUT2D eigenvalue weighted by Gasteiger charge is -2.18. The van der Waals surface area contributed by atoms with Gasteiger partial charge in [-0.05, 0) is 42.4 Å². The van der Waals surface area contributed by atoms with Gasteiger partial charge in [0.1, 0.15) is 0 Å². The van der Waals surface area contributed by atoms with E-state index < -0.39 is 0 Å². The number of hydrogen-bond donors (Lipinski definition) is 1. The quantitative estimate of drug-likeness (QED) is 0.941. The molecular weight excluding hydrogens is 268 g/mol. The summed E-state index contributed by atoms with van der Waals surface area (Å²) in [5, 5.41) is 5.01. The monoisotopic (exact) mass is 286 g/mol. The third-order valence-corrected chi connectivity index (χ3v) is 4.87. The number of carbonyl (C=O) groups is 1. The summed E-state index contributed by atoms with van der Waals surface area (Å²) in [6.07, 6.45) is 6.87. The van der Waals surface area contributed by atoms with Crippen LogP contribution in [0.25, 0.3) is 0 Å². The van der Waals surface area contributed by atoms with E-state index in [0.717, 1.165) is 29.9 Å². The molecule has 2 heterocycles. The molecule has 2 aromatic rings. The van der Waals surface area contributed by atoms with Crippen LogP contribution in [0.4, 0.5) is 0 Å². The molecule has 2 aromatic heterocycles. The number of hydrogen-bond acceptors (Lipinski definition) is 3. The van der Waals surface area contributed by atoms with E-state index in [2.05, 4.69) is 17.2 Å². The third kappa shape index (κ3) is 2.75. The van der Waals surface area contributed by atoms with Crippen molar-refractivity contribution in [3.8, 4) is 0 Å². The van der Waals surface area contributed by atoms with Crippen LogP contribution in [0.5, 0.6) is 0 Å². The highest BCUT2D eigenvalue weighted by molar-refractivity contribution is 7.10. The molecular formula is C16H18N2OS. The molecule has 0 saturated carbocycles. The van der Waals surface area contributed by atoms with Gasteiger partial charge in [0.05, 0.1) is 5.56 Å². The van der Waals surface area contributed by atoms with Gasteiger partial charge in [-0.3, -0.25) is 9.78 Å². The summed E-state index contributed by atoms with van der Waals surface area (Å²) in [6, 6.07) is 3.85. The first-order valence-electron chi connectivity index (χ1n) is 7.00. The van der Waals surface area contributed by atoms with Gasteiger partial charge in [0.2, 0.25) is 0 Å². The second kappa shape index (κ2) is 5.75. The molecule has 3 nitrogen and oxygen atoms in total. The van der Waals surface area contributed by atoms with E-state index in [-0.39, 0.29) is 5.91 Å². The Morgan fingerprint density at radius 3 is 3.25 bits per heavy atom. The Morgan fingerprint density at radius 1 is 1.55 bits per heavy atom. The fraction of sp³-hybridized carbons (Fsp3) is 0.375. The number of amides is 1. The van der Waals surface area contributed by atoms with E-state index in [1.807, 2.05) is 17.5 Å². The van der Waals surface area contributed by atoms with Gasteiger partial charge in [-0.2, -0.15) is 0 Å². The minimum Gasteiger partial charge on any atom is -0.348 e. The lowest BCUT2D eigenvalue weighted by molar-refractivity contribution is 0.0950. The second-order valence-corrected chi connectivity index (χ2v) is 6.41. The average molecular weight is 286 g/mol.